The van der Waals surface area contributed by atoms with Crippen LogP contribution in [0.4, 0.5) is 9.18 Å². The van der Waals surface area contributed by atoms with Crippen LogP contribution >= 0.6 is 0 Å². The molecule has 0 aromatic heterocycles. The monoisotopic (exact) mass is 429 g/mol. The molecule has 6 nitrogen and oxygen atoms in total. The van der Waals surface area contributed by atoms with Crippen molar-refractivity contribution in [2.75, 3.05) is 6.54 Å². The highest BCUT2D eigenvalue weighted by Gasteiger charge is 2.52. The lowest BCUT2D eigenvalue weighted by atomic mass is 9.84. The number of hydrogen-bond acceptors (Lipinski definition) is 3. The number of carbonyl (C=O) groups is 3. The Balaban J connectivity index is 1.45. The first-order chi connectivity index (χ1) is 14.8. The summed E-state index contributed by atoms with van der Waals surface area (Å²) in [5, 5.41) is 5.84. The summed E-state index contributed by atoms with van der Waals surface area (Å²) in [6.07, 6.45) is 6.90. The first kappa shape index (κ1) is 21.8. The normalized spacial score (nSPS) is 30.5. The first-order valence-electron chi connectivity index (χ1n) is 11.5. The van der Waals surface area contributed by atoms with Crippen LogP contribution in [0.5, 0.6) is 0 Å². The van der Waals surface area contributed by atoms with Gasteiger partial charge in [0.25, 0.3) is 5.91 Å². The summed E-state index contributed by atoms with van der Waals surface area (Å²) in [5.74, 6) is 0.780. The summed E-state index contributed by atoms with van der Waals surface area (Å²) in [7, 11) is 0. The van der Waals surface area contributed by atoms with E-state index in [-0.39, 0.29) is 18.5 Å². The molecule has 4 rings (SSSR count). The molecule has 7 heteroatoms. The molecule has 4 amide bonds. The molecule has 3 fully saturated rings. The fourth-order valence-corrected chi connectivity index (χ4v) is 5.91. The highest BCUT2D eigenvalue weighted by molar-refractivity contribution is 6.09. The van der Waals surface area contributed by atoms with Crippen LogP contribution in [0.3, 0.4) is 0 Å². The molecule has 1 aromatic rings. The molecule has 3 aliphatic rings. The number of unbranched alkanes of at least 4 members (excludes halogenated alkanes) is 1. The SMILES string of the molecule is CCCCC1(c2ccc(F)cc2)NC(=O)N(CC(=O)NC(C)C2CC3CCC2C3)C1=O. The van der Waals surface area contributed by atoms with Crippen LogP contribution in [0.15, 0.2) is 24.3 Å². The lowest BCUT2D eigenvalue weighted by Crippen LogP contribution is -2.47. The zero-order valence-electron chi connectivity index (χ0n) is 18.3. The Morgan fingerprint density at radius 1 is 1.26 bits per heavy atom. The van der Waals surface area contributed by atoms with Gasteiger partial charge < -0.3 is 10.6 Å². The number of hydrogen-bond donors (Lipinski definition) is 2. The third-order valence-corrected chi connectivity index (χ3v) is 7.54. The van der Waals surface area contributed by atoms with Crippen molar-refractivity contribution in [3.05, 3.63) is 35.6 Å². The molecule has 31 heavy (non-hydrogen) atoms. The Kier molecular flexibility index (Phi) is 6.04. The van der Waals surface area contributed by atoms with Crippen molar-refractivity contribution in [3.63, 3.8) is 0 Å². The van der Waals surface area contributed by atoms with Crippen molar-refractivity contribution in [1.82, 2.24) is 15.5 Å². The van der Waals surface area contributed by atoms with Crippen LogP contribution in [0.1, 0.15) is 64.4 Å². The largest absolute Gasteiger partial charge is 0.352 e. The minimum Gasteiger partial charge on any atom is -0.352 e. The fourth-order valence-electron chi connectivity index (χ4n) is 5.91. The third-order valence-electron chi connectivity index (χ3n) is 7.54. The van der Waals surface area contributed by atoms with Gasteiger partial charge in [-0.25, -0.2) is 9.18 Å². The number of carbonyl (C=O) groups excluding carboxylic acids is 3. The van der Waals surface area contributed by atoms with Crippen LogP contribution in [0, 0.1) is 23.6 Å². The minimum absolute atomic E-state index is 0.0329. The maximum Gasteiger partial charge on any atom is 0.325 e. The van der Waals surface area contributed by atoms with Crippen molar-refractivity contribution in [1.29, 1.82) is 0 Å². The van der Waals surface area contributed by atoms with Gasteiger partial charge in [-0.05, 0) is 68.1 Å². The molecule has 5 atom stereocenters. The molecular weight excluding hydrogens is 397 g/mol. The maximum atomic E-state index is 13.4. The smallest absolute Gasteiger partial charge is 0.325 e. The van der Waals surface area contributed by atoms with Gasteiger partial charge in [0, 0.05) is 6.04 Å². The van der Waals surface area contributed by atoms with Gasteiger partial charge in [0.1, 0.15) is 17.9 Å². The second kappa shape index (κ2) is 8.60. The van der Waals surface area contributed by atoms with Crippen molar-refractivity contribution in [3.8, 4) is 0 Å². The summed E-state index contributed by atoms with van der Waals surface area (Å²) >= 11 is 0. The number of nitrogens with zero attached hydrogens (tertiary/aromatic N) is 1. The molecular formula is C24H32FN3O3. The molecule has 1 aliphatic heterocycles. The molecule has 2 bridgehead atoms. The van der Waals surface area contributed by atoms with Gasteiger partial charge in [0.05, 0.1) is 0 Å². The molecule has 2 N–H and O–H groups in total. The van der Waals surface area contributed by atoms with Gasteiger partial charge in [0.15, 0.2) is 0 Å². The number of rotatable bonds is 8. The summed E-state index contributed by atoms with van der Waals surface area (Å²) in [5.41, 5.74) is -0.712. The zero-order valence-corrected chi connectivity index (χ0v) is 18.3. The minimum atomic E-state index is -1.25. The molecule has 0 spiro atoms. The average molecular weight is 430 g/mol. The van der Waals surface area contributed by atoms with Gasteiger partial charge in [-0.2, -0.15) is 0 Å². The zero-order chi connectivity index (χ0) is 22.2. The van der Waals surface area contributed by atoms with E-state index in [4.69, 9.17) is 0 Å². The molecule has 1 aromatic carbocycles. The second-order valence-corrected chi connectivity index (χ2v) is 9.53. The Bertz CT molecular complexity index is 858. The Morgan fingerprint density at radius 2 is 2.00 bits per heavy atom. The summed E-state index contributed by atoms with van der Waals surface area (Å²) in [6.45, 7) is 3.73. The Morgan fingerprint density at radius 3 is 2.61 bits per heavy atom. The fraction of sp³-hybridized carbons (Fsp3) is 0.625. The van der Waals surface area contributed by atoms with E-state index in [2.05, 4.69) is 10.6 Å². The molecule has 1 saturated heterocycles. The standard InChI is InChI=1S/C24H32FN3O3/c1-3-4-11-24(18-7-9-19(25)10-8-18)22(30)28(23(31)27-24)14-21(29)26-15(2)20-13-16-5-6-17(20)12-16/h7-10,15-17,20H,3-6,11-14H2,1-2H3,(H,26,29)(H,27,31). The number of halogens is 1. The molecule has 168 valence electrons. The van der Waals surface area contributed by atoms with Crippen LogP contribution in [-0.2, 0) is 15.1 Å². The van der Waals surface area contributed by atoms with Crippen molar-refractivity contribution in [2.45, 2.75) is 70.4 Å². The number of urea groups is 1. The predicted molar refractivity (Wildman–Crippen MR) is 114 cm³/mol. The third kappa shape index (κ3) is 4.06. The van der Waals surface area contributed by atoms with Crippen LogP contribution in [-0.4, -0.2) is 35.3 Å². The van der Waals surface area contributed by atoms with E-state index in [1.807, 2.05) is 13.8 Å². The van der Waals surface area contributed by atoms with Gasteiger partial charge in [0.2, 0.25) is 5.91 Å². The topological polar surface area (TPSA) is 78.5 Å². The molecule has 2 saturated carbocycles. The summed E-state index contributed by atoms with van der Waals surface area (Å²) < 4.78 is 13.4. The summed E-state index contributed by atoms with van der Waals surface area (Å²) in [4.78, 5) is 39.8. The Hall–Kier alpha value is -2.44. The number of imide groups is 1. The molecule has 2 aliphatic carbocycles. The van der Waals surface area contributed by atoms with E-state index in [1.165, 1.54) is 43.5 Å². The second-order valence-electron chi connectivity index (χ2n) is 9.53. The van der Waals surface area contributed by atoms with Crippen LogP contribution in [0.25, 0.3) is 0 Å². The lowest BCUT2D eigenvalue weighted by molar-refractivity contribution is -0.135. The average Bonchev–Trinajstić information content (AvgIpc) is 3.44. The van der Waals surface area contributed by atoms with E-state index in [9.17, 15) is 18.8 Å². The number of nitrogens with one attached hydrogen (secondary N) is 2. The van der Waals surface area contributed by atoms with E-state index >= 15 is 0 Å². The molecule has 5 unspecified atom stereocenters. The van der Waals surface area contributed by atoms with Gasteiger partial charge in [-0.3, -0.25) is 14.5 Å². The first-order valence-corrected chi connectivity index (χ1v) is 11.5. The van der Waals surface area contributed by atoms with E-state index in [0.29, 0.717) is 30.2 Å². The summed E-state index contributed by atoms with van der Waals surface area (Å²) in [6, 6.07) is 5.09. The molecule has 0 radical (unpaired) electrons. The van der Waals surface area contributed by atoms with E-state index in [1.54, 1.807) is 0 Å². The number of fused-ring (bicyclic) bond motifs is 2. The number of amides is 4. The van der Waals surface area contributed by atoms with E-state index < -0.39 is 23.3 Å². The van der Waals surface area contributed by atoms with Gasteiger partial charge >= 0.3 is 6.03 Å². The van der Waals surface area contributed by atoms with Crippen LogP contribution < -0.4 is 10.6 Å². The molecule has 1 heterocycles. The Labute approximate surface area is 182 Å². The van der Waals surface area contributed by atoms with E-state index in [0.717, 1.165) is 23.7 Å². The predicted octanol–water partition coefficient (Wildman–Crippen LogP) is 3.70. The quantitative estimate of drug-likeness (QED) is 0.619. The van der Waals surface area contributed by atoms with Gasteiger partial charge in [-0.1, -0.05) is 38.3 Å². The van der Waals surface area contributed by atoms with Gasteiger partial charge in [-0.15, -0.1) is 0 Å². The van der Waals surface area contributed by atoms with Crippen molar-refractivity contribution in [2.24, 2.45) is 17.8 Å². The lowest BCUT2D eigenvalue weighted by Gasteiger charge is -2.29. The van der Waals surface area contributed by atoms with Crippen LogP contribution in [0.2, 0.25) is 0 Å². The highest BCUT2D eigenvalue weighted by Crippen LogP contribution is 2.49. The van der Waals surface area contributed by atoms with Crippen molar-refractivity contribution < 1.29 is 18.8 Å². The highest BCUT2D eigenvalue weighted by atomic mass is 19.1. The van der Waals surface area contributed by atoms with Crippen molar-refractivity contribution >= 4 is 17.8 Å². The maximum absolute atomic E-state index is 13.4. The number of benzene rings is 1.